The highest BCUT2D eigenvalue weighted by molar-refractivity contribution is 5.94. The molecule has 0 radical (unpaired) electrons. The first-order chi connectivity index (χ1) is 14.0. The number of nitrogens with one attached hydrogen (secondary N) is 2. The van der Waals surface area contributed by atoms with Gasteiger partial charge in [-0.2, -0.15) is 0 Å². The van der Waals surface area contributed by atoms with Crippen LogP contribution in [0.2, 0.25) is 0 Å². The van der Waals surface area contributed by atoms with Crippen LogP contribution in [0.25, 0.3) is 0 Å². The lowest BCUT2D eigenvalue weighted by molar-refractivity contribution is 0.0628. The molecular formula is C23H30N4O2. The molecule has 2 aromatic rings. The molecule has 1 heterocycles. The fourth-order valence-corrected chi connectivity index (χ4v) is 3.39. The quantitative estimate of drug-likeness (QED) is 0.792. The third-order valence-corrected chi connectivity index (χ3v) is 4.98. The van der Waals surface area contributed by atoms with Crippen molar-refractivity contribution in [1.82, 2.24) is 20.4 Å². The lowest BCUT2D eigenvalue weighted by Crippen LogP contribution is -2.48. The number of nitrogens with zero attached hydrogens (tertiary/aromatic N) is 2. The molecule has 0 saturated carbocycles. The first-order valence-electron chi connectivity index (χ1n) is 10.2. The first-order valence-corrected chi connectivity index (χ1v) is 10.2. The molecular weight excluding hydrogens is 364 g/mol. The SMILES string of the molecule is CC(C)NC(=O)NCc1ccc(C(=O)N2CCN(Cc3ccccc3)CC2)cc1. The zero-order chi connectivity index (χ0) is 20.6. The standard InChI is InChI=1S/C23H30N4O2/c1-18(2)25-23(29)24-16-19-8-10-21(11-9-19)22(28)27-14-12-26(13-15-27)17-20-6-4-3-5-7-20/h3-11,18H,12-17H2,1-2H3,(H2,24,25,29). The highest BCUT2D eigenvalue weighted by Crippen LogP contribution is 2.12. The summed E-state index contributed by atoms with van der Waals surface area (Å²) in [6.07, 6.45) is 0. The summed E-state index contributed by atoms with van der Waals surface area (Å²) in [5.41, 5.74) is 2.96. The molecule has 1 aliphatic heterocycles. The molecule has 3 amide bonds. The number of piperazine rings is 1. The van der Waals surface area contributed by atoms with Crippen molar-refractivity contribution >= 4 is 11.9 Å². The molecule has 29 heavy (non-hydrogen) atoms. The maximum atomic E-state index is 12.8. The summed E-state index contributed by atoms with van der Waals surface area (Å²) in [7, 11) is 0. The zero-order valence-electron chi connectivity index (χ0n) is 17.2. The number of amides is 3. The molecule has 6 nitrogen and oxygen atoms in total. The summed E-state index contributed by atoms with van der Waals surface area (Å²) in [5, 5.41) is 5.61. The van der Waals surface area contributed by atoms with E-state index < -0.39 is 0 Å². The van der Waals surface area contributed by atoms with Gasteiger partial charge in [0.2, 0.25) is 0 Å². The van der Waals surface area contributed by atoms with Crippen LogP contribution in [0.4, 0.5) is 4.79 Å². The molecule has 0 unspecified atom stereocenters. The lowest BCUT2D eigenvalue weighted by Gasteiger charge is -2.34. The topological polar surface area (TPSA) is 64.7 Å². The second kappa shape index (κ2) is 10.1. The van der Waals surface area contributed by atoms with Gasteiger partial charge in [-0.1, -0.05) is 42.5 Å². The van der Waals surface area contributed by atoms with Crippen LogP contribution in [0.15, 0.2) is 54.6 Å². The Bertz CT molecular complexity index is 797. The third-order valence-electron chi connectivity index (χ3n) is 4.98. The van der Waals surface area contributed by atoms with Gasteiger partial charge in [0.1, 0.15) is 0 Å². The van der Waals surface area contributed by atoms with Crippen molar-refractivity contribution < 1.29 is 9.59 Å². The summed E-state index contributed by atoms with van der Waals surface area (Å²) in [6.45, 7) is 8.44. The molecule has 0 spiro atoms. The molecule has 0 aliphatic carbocycles. The van der Waals surface area contributed by atoms with Crippen LogP contribution in [0.1, 0.15) is 35.3 Å². The minimum Gasteiger partial charge on any atom is -0.336 e. The average Bonchev–Trinajstić information content (AvgIpc) is 2.73. The predicted molar refractivity (Wildman–Crippen MR) is 115 cm³/mol. The van der Waals surface area contributed by atoms with E-state index in [1.54, 1.807) is 0 Å². The van der Waals surface area contributed by atoms with E-state index in [4.69, 9.17) is 0 Å². The summed E-state index contributed by atoms with van der Waals surface area (Å²) in [5.74, 6) is 0.0708. The van der Waals surface area contributed by atoms with Crippen molar-refractivity contribution in [1.29, 1.82) is 0 Å². The van der Waals surface area contributed by atoms with Gasteiger partial charge >= 0.3 is 6.03 Å². The highest BCUT2D eigenvalue weighted by atomic mass is 16.2. The van der Waals surface area contributed by atoms with Gasteiger partial charge in [0.25, 0.3) is 5.91 Å². The monoisotopic (exact) mass is 394 g/mol. The van der Waals surface area contributed by atoms with Crippen LogP contribution in [-0.2, 0) is 13.1 Å². The number of hydrogen-bond donors (Lipinski definition) is 2. The van der Waals surface area contributed by atoms with Crippen LogP contribution in [-0.4, -0.2) is 54.0 Å². The number of rotatable bonds is 6. The molecule has 2 N–H and O–H groups in total. The van der Waals surface area contributed by atoms with Crippen LogP contribution in [0, 0.1) is 0 Å². The maximum Gasteiger partial charge on any atom is 0.315 e. The van der Waals surface area contributed by atoms with Crippen LogP contribution in [0.5, 0.6) is 0 Å². The van der Waals surface area contributed by atoms with Gasteiger partial charge < -0.3 is 15.5 Å². The molecule has 6 heteroatoms. The van der Waals surface area contributed by atoms with Crippen molar-refractivity contribution in [3.05, 3.63) is 71.3 Å². The Morgan fingerprint density at radius 2 is 1.55 bits per heavy atom. The van der Waals surface area contributed by atoms with Crippen molar-refractivity contribution in [3.8, 4) is 0 Å². The van der Waals surface area contributed by atoms with Crippen LogP contribution >= 0.6 is 0 Å². The molecule has 2 aromatic carbocycles. The number of carbonyl (C=O) groups excluding carboxylic acids is 2. The second-order valence-corrected chi connectivity index (χ2v) is 7.73. The van der Waals surface area contributed by atoms with Crippen molar-refractivity contribution in [2.24, 2.45) is 0 Å². The van der Waals surface area contributed by atoms with Gasteiger partial charge in [0.05, 0.1) is 0 Å². The van der Waals surface area contributed by atoms with Crippen molar-refractivity contribution in [3.63, 3.8) is 0 Å². The fraction of sp³-hybridized carbons (Fsp3) is 0.391. The first kappa shape index (κ1) is 20.9. The fourth-order valence-electron chi connectivity index (χ4n) is 3.39. The van der Waals surface area contributed by atoms with Gasteiger partial charge in [-0.05, 0) is 37.1 Å². The predicted octanol–water partition coefficient (Wildman–Crippen LogP) is 2.85. The Balaban J connectivity index is 1.46. The van der Waals surface area contributed by atoms with E-state index in [9.17, 15) is 9.59 Å². The minimum absolute atomic E-state index is 0.0708. The molecule has 154 valence electrons. The smallest absolute Gasteiger partial charge is 0.315 e. The Hall–Kier alpha value is -2.86. The summed E-state index contributed by atoms with van der Waals surface area (Å²) in [6, 6.07) is 17.8. The van der Waals surface area contributed by atoms with E-state index in [1.807, 2.05) is 49.1 Å². The Labute approximate surface area is 172 Å². The summed E-state index contributed by atoms with van der Waals surface area (Å²) >= 11 is 0. The Kier molecular flexibility index (Phi) is 7.25. The van der Waals surface area contributed by atoms with Gasteiger partial charge in [-0.3, -0.25) is 9.69 Å². The van der Waals surface area contributed by atoms with E-state index in [1.165, 1.54) is 5.56 Å². The second-order valence-electron chi connectivity index (χ2n) is 7.73. The molecule has 0 aromatic heterocycles. The van der Waals surface area contributed by atoms with Gasteiger partial charge in [-0.25, -0.2) is 4.79 Å². The molecule has 1 fully saturated rings. The van der Waals surface area contributed by atoms with E-state index in [0.717, 1.165) is 38.3 Å². The van der Waals surface area contributed by atoms with Gasteiger partial charge in [0.15, 0.2) is 0 Å². The zero-order valence-corrected chi connectivity index (χ0v) is 17.2. The lowest BCUT2D eigenvalue weighted by atomic mass is 10.1. The normalized spacial score (nSPS) is 14.7. The van der Waals surface area contributed by atoms with E-state index >= 15 is 0 Å². The Morgan fingerprint density at radius 1 is 0.897 bits per heavy atom. The van der Waals surface area contributed by atoms with E-state index in [2.05, 4.69) is 39.8 Å². The van der Waals surface area contributed by atoms with Crippen LogP contribution < -0.4 is 10.6 Å². The largest absolute Gasteiger partial charge is 0.336 e. The third kappa shape index (κ3) is 6.32. The number of carbonyl (C=O) groups is 2. The highest BCUT2D eigenvalue weighted by Gasteiger charge is 2.22. The van der Waals surface area contributed by atoms with Crippen molar-refractivity contribution in [2.75, 3.05) is 26.2 Å². The van der Waals surface area contributed by atoms with Crippen molar-refractivity contribution in [2.45, 2.75) is 33.0 Å². The van der Waals surface area contributed by atoms with Gasteiger partial charge in [0, 0.05) is 50.9 Å². The number of urea groups is 1. The van der Waals surface area contributed by atoms with Crippen LogP contribution in [0.3, 0.4) is 0 Å². The Morgan fingerprint density at radius 3 is 2.17 bits per heavy atom. The number of benzene rings is 2. The molecule has 1 saturated heterocycles. The molecule has 3 rings (SSSR count). The van der Waals surface area contributed by atoms with E-state index in [0.29, 0.717) is 12.1 Å². The molecule has 1 aliphatic rings. The molecule has 0 bridgehead atoms. The summed E-state index contributed by atoms with van der Waals surface area (Å²) < 4.78 is 0. The maximum absolute atomic E-state index is 12.8. The average molecular weight is 395 g/mol. The van der Waals surface area contributed by atoms with Gasteiger partial charge in [-0.15, -0.1) is 0 Å². The summed E-state index contributed by atoms with van der Waals surface area (Å²) in [4.78, 5) is 28.8. The van der Waals surface area contributed by atoms with E-state index in [-0.39, 0.29) is 18.0 Å². The number of hydrogen-bond acceptors (Lipinski definition) is 3. The molecule has 0 atom stereocenters. The minimum atomic E-state index is -0.187.